The minimum absolute atomic E-state index is 0.0604. The average Bonchev–Trinajstić information content (AvgIpc) is 2.38. The number of benzene rings is 1. The van der Waals surface area contributed by atoms with Crippen molar-refractivity contribution < 1.29 is 9.59 Å². The number of rotatable bonds is 6. The van der Waals surface area contributed by atoms with Crippen LogP contribution in [-0.2, 0) is 11.2 Å². The van der Waals surface area contributed by atoms with E-state index in [1.165, 1.54) is 0 Å². The second-order valence-electron chi connectivity index (χ2n) is 4.57. The molecule has 1 aromatic rings. The highest BCUT2D eigenvalue weighted by atomic mass is 16.2. The van der Waals surface area contributed by atoms with Gasteiger partial charge in [-0.25, -0.2) is 4.79 Å². The van der Waals surface area contributed by atoms with Crippen molar-refractivity contribution in [1.29, 1.82) is 0 Å². The monoisotopic (exact) mass is 263 g/mol. The number of nitrogens with one attached hydrogen (secondary N) is 2. The fraction of sp³-hybridized carbons (Fsp3) is 0.429. The molecule has 2 atom stereocenters. The van der Waals surface area contributed by atoms with E-state index in [2.05, 4.69) is 10.6 Å². The van der Waals surface area contributed by atoms with Crippen molar-refractivity contribution in [3.8, 4) is 0 Å². The van der Waals surface area contributed by atoms with Crippen molar-refractivity contribution in [3.05, 3.63) is 35.9 Å². The molecule has 5 heteroatoms. The van der Waals surface area contributed by atoms with Crippen molar-refractivity contribution in [2.45, 2.75) is 38.8 Å². The Morgan fingerprint density at radius 2 is 1.84 bits per heavy atom. The molecule has 0 aliphatic heterocycles. The molecule has 4 N–H and O–H groups in total. The van der Waals surface area contributed by atoms with E-state index in [4.69, 9.17) is 5.73 Å². The maximum atomic E-state index is 11.7. The molecule has 104 valence electrons. The predicted octanol–water partition coefficient (Wildman–Crippen LogP) is 1.18. The summed E-state index contributed by atoms with van der Waals surface area (Å²) < 4.78 is 0. The molecule has 0 bridgehead atoms. The quantitative estimate of drug-likeness (QED) is 0.720. The van der Waals surface area contributed by atoms with Gasteiger partial charge in [-0.3, -0.25) is 4.79 Å². The first-order valence-corrected chi connectivity index (χ1v) is 6.43. The van der Waals surface area contributed by atoms with Gasteiger partial charge in [-0.2, -0.15) is 0 Å². The third-order valence-corrected chi connectivity index (χ3v) is 2.92. The van der Waals surface area contributed by atoms with Gasteiger partial charge in [0.1, 0.15) is 6.04 Å². The zero-order chi connectivity index (χ0) is 14.3. The molecule has 0 saturated heterocycles. The van der Waals surface area contributed by atoms with Crippen LogP contribution in [0.4, 0.5) is 4.79 Å². The van der Waals surface area contributed by atoms with Crippen molar-refractivity contribution in [3.63, 3.8) is 0 Å². The van der Waals surface area contributed by atoms with Crippen LogP contribution in [-0.4, -0.2) is 24.0 Å². The molecule has 0 heterocycles. The first-order valence-electron chi connectivity index (χ1n) is 6.43. The Hall–Kier alpha value is -2.04. The van der Waals surface area contributed by atoms with Crippen LogP contribution < -0.4 is 16.4 Å². The van der Waals surface area contributed by atoms with Gasteiger partial charge < -0.3 is 16.4 Å². The Bertz CT molecular complexity index is 420. The third-order valence-electron chi connectivity index (χ3n) is 2.92. The summed E-state index contributed by atoms with van der Waals surface area (Å²) in [5, 5.41) is 5.35. The van der Waals surface area contributed by atoms with Crippen molar-refractivity contribution >= 4 is 11.9 Å². The molecule has 1 aromatic carbocycles. The Balaban J connectivity index is 2.59. The minimum atomic E-state index is -0.702. The summed E-state index contributed by atoms with van der Waals surface area (Å²) in [6.45, 7) is 3.87. The highest BCUT2D eigenvalue weighted by molar-refractivity contribution is 5.86. The van der Waals surface area contributed by atoms with E-state index in [9.17, 15) is 9.59 Å². The van der Waals surface area contributed by atoms with E-state index < -0.39 is 11.9 Å². The molecule has 3 amide bonds. The molecule has 0 radical (unpaired) electrons. The van der Waals surface area contributed by atoms with Crippen LogP contribution in [0.2, 0.25) is 0 Å². The number of urea groups is 1. The molecule has 0 aromatic heterocycles. The van der Waals surface area contributed by atoms with Gasteiger partial charge in [0, 0.05) is 12.5 Å². The molecular weight excluding hydrogens is 242 g/mol. The van der Waals surface area contributed by atoms with Crippen LogP contribution in [0, 0.1) is 0 Å². The second-order valence-corrected chi connectivity index (χ2v) is 4.57. The van der Waals surface area contributed by atoms with Crippen molar-refractivity contribution in [2.75, 3.05) is 0 Å². The molecule has 0 unspecified atom stereocenters. The van der Waals surface area contributed by atoms with Gasteiger partial charge in [0.05, 0.1) is 0 Å². The van der Waals surface area contributed by atoms with Gasteiger partial charge in [0.15, 0.2) is 0 Å². The Morgan fingerprint density at radius 1 is 1.21 bits per heavy atom. The van der Waals surface area contributed by atoms with Crippen LogP contribution in [0.25, 0.3) is 0 Å². The van der Waals surface area contributed by atoms with E-state index in [-0.39, 0.29) is 12.1 Å². The van der Waals surface area contributed by atoms with Crippen LogP contribution >= 0.6 is 0 Å². The maximum absolute atomic E-state index is 11.7. The fourth-order valence-corrected chi connectivity index (χ4v) is 1.60. The lowest BCUT2D eigenvalue weighted by Gasteiger charge is -2.18. The molecule has 0 fully saturated rings. The van der Waals surface area contributed by atoms with E-state index in [1.54, 1.807) is 0 Å². The number of amides is 3. The first kappa shape index (κ1) is 15.0. The van der Waals surface area contributed by atoms with Crippen LogP contribution in [0.1, 0.15) is 25.8 Å². The van der Waals surface area contributed by atoms with Gasteiger partial charge in [0.25, 0.3) is 0 Å². The predicted molar refractivity (Wildman–Crippen MR) is 74.5 cm³/mol. The van der Waals surface area contributed by atoms with Crippen molar-refractivity contribution in [1.82, 2.24) is 10.6 Å². The lowest BCUT2D eigenvalue weighted by molar-refractivity contribution is -0.119. The molecule has 0 spiro atoms. The summed E-state index contributed by atoms with van der Waals surface area (Å²) in [6, 6.07) is 8.44. The number of hydrogen-bond acceptors (Lipinski definition) is 2. The number of nitrogens with two attached hydrogens (primary N) is 1. The molecule has 19 heavy (non-hydrogen) atoms. The maximum Gasteiger partial charge on any atom is 0.315 e. The molecular formula is C14H21N3O2. The lowest BCUT2D eigenvalue weighted by atomic mass is 10.1. The topological polar surface area (TPSA) is 84.2 Å². The van der Waals surface area contributed by atoms with Crippen LogP contribution in [0.15, 0.2) is 30.3 Å². The fourth-order valence-electron chi connectivity index (χ4n) is 1.60. The summed E-state index contributed by atoms with van der Waals surface area (Å²) in [6.07, 6.45) is 1.22. The molecule has 0 aliphatic rings. The Morgan fingerprint density at radius 3 is 2.37 bits per heavy atom. The summed E-state index contributed by atoms with van der Waals surface area (Å²) in [5.74, 6) is -0.539. The largest absolute Gasteiger partial charge is 0.368 e. The molecule has 0 saturated carbocycles. The van der Waals surface area contributed by atoms with Crippen LogP contribution in [0.5, 0.6) is 0 Å². The number of carbonyl (C=O) groups is 2. The Kier molecular flexibility index (Phi) is 5.85. The van der Waals surface area contributed by atoms with E-state index in [1.807, 2.05) is 44.2 Å². The minimum Gasteiger partial charge on any atom is -0.368 e. The zero-order valence-corrected chi connectivity index (χ0v) is 11.3. The lowest BCUT2D eigenvalue weighted by Crippen LogP contribution is -2.51. The number of hydrogen-bond donors (Lipinski definition) is 3. The van der Waals surface area contributed by atoms with Gasteiger partial charge in [-0.05, 0) is 18.9 Å². The molecule has 0 aliphatic carbocycles. The summed E-state index contributed by atoms with van der Waals surface area (Å²) in [5.41, 5.74) is 6.27. The van der Waals surface area contributed by atoms with Gasteiger partial charge >= 0.3 is 6.03 Å². The van der Waals surface area contributed by atoms with Crippen molar-refractivity contribution in [2.24, 2.45) is 5.73 Å². The summed E-state index contributed by atoms with van der Waals surface area (Å²) in [7, 11) is 0. The molecule has 1 rings (SSSR count). The highest BCUT2D eigenvalue weighted by Crippen LogP contribution is 2.03. The van der Waals surface area contributed by atoms with E-state index in [0.29, 0.717) is 6.42 Å². The third kappa shape index (κ3) is 5.42. The zero-order valence-electron chi connectivity index (χ0n) is 11.3. The van der Waals surface area contributed by atoms with Gasteiger partial charge in [0.2, 0.25) is 5.91 Å². The van der Waals surface area contributed by atoms with Crippen LogP contribution in [0.3, 0.4) is 0 Å². The molecule has 5 nitrogen and oxygen atoms in total. The normalized spacial score (nSPS) is 13.4. The SMILES string of the molecule is CC[C@H](C)NC(=O)N[C@@H](Cc1ccccc1)C(N)=O. The first-order chi connectivity index (χ1) is 9.02. The summed E-state index contributed by atoms with van der Waals surface area (Å²) >= 11 is 0. The number of carbonyl (C=O) groups excluding carboxylic acids is 2. The number of primary amides is 1. The standard InChI is InChI=1S/C14H21N3O2/c1-3-10(2)16-14(19)17-12(13(15)18)9-11-7-5-4-6-8-11/h4-8,10,12H,3,9H2,1-2H3,(H2,15,18)(H2,16,17,19)/t10-,12-/m0/s1. The summed E-state index contributed by atoms with van der Waals surface area (Å²) in [4.78, 5) is 23.1. The van der Waals surface area contributed by atoms with Gasteiger partial charge in [-0.1, -0.05) is 37.3 Å². The highest BCUT2D eigenvalue weighted by Gasteiger charge is 2.18. The van der Waals surface area contributed by atoms with Gasteiger partial charge in [-0.15, -0.1) is 0 Å². The van der Waals surface area contributed by atoms with E-state index >= 15 is 0 Å². The Labute approximate surface area is 113 Å². The second kappa shape index (κ2) is 7.41. The smallest absolute Gasteiger partial charge is 0.315 e. The average molecular weight is 263 g/mol. The van der Waals surface area contributed by atoms with E-state index in [0.717, 1.165) is 12.0 Å².